The van der Waals surface area contributed by atoms with Gasteiger partial charge in [0.2, 0.25) is 0 Å². The van der Waals surface area contributed by atoms with E-state index in [0.717, 1.165) is 20.8 Å². The summed E-state index contributed by atoms with van der Waals surface area (Å²) in [7, 11) is 0. The summed E-state index contributed by atoms with van der Waals surface area (Å²) in [6, 6.07) is 0. The number of aliphatic hydroxyl groups is 3. The second kappa shape index (κ2) is 6.73. The molecule has 3 N–H and O–H groups in total. The number of esters is 3. The van der Waals surface area contributed by atoms with Gasteiger partial charge < -0.3 is 34.3 Å². The van der Waals surface area contributed by atoms with Gasteiger partial charge in [-0.25, -0.2) is 0 Å². The lowest BCUT2D eigenvalue weighted by Gasteiger charge is -2.39. The van der Waals surface area contributed by atoms with Gasteiger partial charge in [0.15, 0.2) is 12.2 Å². The summed E-state index contributed by atoms with van der Waals surface area (Å²) >= 11 is 0. The first kappa shape index (κ1) is 17.9. The van der Waals surface area contributed by atoms with Gasteiger partial charge >= 0.3 is 29.6 Å². The van der Waals surface area contributed by atoms with Gasteiger partial charge in [-0.05, 0) is 0 Å². The van der Waals surface area contributed by atoms with Crippen LogP contribution in [0.15, 0.2) is 11.7 Å². The van der Waals surface area contributed by atoms with Crippen LogP contribution in [0.25, 0.3) is 0 Å². The molecule has 0 aromatic rings. The molecule has 0 bridgehead atoms. The molecule has 0 radical (unpaired) electrons. The largest absolute Gasteiger partial charge is 0.454 e. The van der Waals surface area contributed by atoms with Crippen LogP contribution in [0.1, 0.15) is 20.8 Å². The fourth-order valence-corrected chi connectivity index (χ4v) is 1.71. The number of hydrogen-bond acceptors (Lipinski definition) is 10. The number of hydrogen-bond donors (Lipinski definition) is 3. The minimum atomic E-state index is -2.88. The Morgan fingerprint density at radius 2 is 1.68 bits per heavy atom. The van der Waals surface area contributed by atoms with E-state index < -0.39 is 54.2 Å². The summed E-state index contributed by atoms with van der Waals surface area (Å²) in [5.74, 6) is -7.51. The zero-order valence-electron chi connectivity index (χ0n) is 12.1. The van der Waals surface area contributed by atoms with E-state index in [1.807, 2.05) is 0 Å². The van der Waals surface area contributed by atoms with E-state index in [2.05, 4.69) is 14.2 Å². The number of rotatable bonds is 4. The number of carbonyl (C=O) groups is 3. The van der Waals surface area contributed by atoms with Crippen LogP contribution >= 0.6 is 0 Å². The van der Waals surface area contributed by atoms with Gasteiger partial charge in [0, 0.05) is 20.8 Å². The van der Waals surface area contributed by atoms with Gasteiger partial charge in [-0.2, -0.15) is 0 Å². The Hall–Kier alpha value is -2.17. The van der Waals surface area contributed by atoms with E-state index in [0.29, 0.717) is 0 Å². The Labute approximate surface area is 124 Å². The monoisotopic (exact) mass is 320 g/mol. The second-order valence-electron chi connectivity index (χ2n) is 4.38. The lowest BCUT2D eigenvalue weighted by atomic mass is 10.00. The predicted molar refractivity (Wildman–Crippen MR) is 65.2 cm³/mol. The average molecular weight is 320 g/mol. The molecular formula is C12H16O10. The van der Waals surface area contributed by atoms with Crippen LogP contribution in [0, 0.1) is 0 Å². The van der Waals surface area contributed by atoms with Crippen LogP contribution in [0.3, 0.4) is 0 Å². The Bertz CT molecular complexity index is 510. The average Bonchev–Trinajstić information content (AvgIpc) is 2.37. The summed E-state index contributed by atoms with van der Waals surface area (Å²) in [5, 5.41) is 29.5. The van der Waals surface area contributed by atoms with Gasteiger partial charge in [-0.1, -0.05) is 0 Å². The SMILES string of the molecule is CC(=O)OC1=C(OC(C)=O)[C@](O)(OC(C)=O)[C@H](O)[C@@H](CO)O1. The molecule has 1 aliphatic heterocycles. The minimum Gasteiger partial charge on any atom is -0.454 e. The summed E-state index contributed by atoms with van der Waals surface area (Å²) in [6.45, 7) is 2.05. The maximum atomic E-state index is 11.2. The summed E-state index contributed by atoms with van der Waals surface area (Å²) < 4.78 is 18.8. The van der Waals surface area contributed by atoms with Crippen molar-refractivity contribution in [2.45, 2.75) is 38.8 Å². The molecule has 3 atom stereocenters. The topological polar surface area (TPSA) is 149 Å². The standard InChI is InChI=1S/C12H16O10/c1-5(14)19-10-11(20-6(2)15)21-8(4-13)9(17)12(10,18)22-7(3)16/h8-9,13,17-18H,4H2,1-3H3/t8-,9-,12-/m1/s1. The molecule has 0 fully saturated rings. The zero-order valence-corrected chi connectivity index (χ0v) is 12.1. The molecule has 0 saturated carbocycles. The van der Waals surface area contributed by atoms with Gasteiger partial charge in [-0.3, -0.25) is 14.4 Å². The molecule has 0 aliphatic carbocycles. The van der Waals surface area contributed by atoms with E-state index in [9.17, 15) is 24.6 Å². The van der Waals surface area contributed by atoms with Crippen LogP contribution in [0.2, 0.25) is 0 Å². The highest BCUT2D eigenvalue weighted by molar-refractivity contribution is 5.70. The van der Waals surface area contributed by atoms with Crippen molar-refractivity contribution in [3.05, 3.63) is 11.7 Å². The first-order valence-corrected chi connectivity index (χ1v) is 6.11. The highest BCUT2D eigenvalue weighted by Crippen LogP contribution is 2.36. The number of carbonyl (C=O) groups excluding carboxylic acids is 3. The summed E-state index contributed by atoms with van der Waals surface area (Å²) in [6.07, 6.45) is -3.51. The van der Waals surface area contributed by atoms with Crippen molar-refractivity contribution in [3.8, 4) is 0 Å². The molecule has 10 heteroatoms. The molecule has 124 valence electrons. The normalized spacial score (nSPS) is 27.7. The van der Waals surface area contributed by atoms with Crippen molar-refractivity contribution in [2.75, 3.05) is 6.61 Å². The first-order valence-electron chi connectivity index (χ1n) is 6.11. The summed E-state index contributed by atoms with van der Waals surface area (Å²) in [4.78, 5) is 33.4. The fraction of sp³-hybridized carbons (Fsp3) is 0.583. The molecule has 1 aliphatic rings. The minimum absolute atomic E-state index is 0.809. The first-order chi connectivity index (χ1) is 10.1. The van der Waals surface area contributed by atoms with Crippen LogP contribution in [0.4, 0.5) is 0 Å². The third-order valence-corrected chi connectivity index (χ3v) is 2.48. The van der Waals surface area contributed by atoms with E-state index in [-0.39, 0.29) is 0 Å². The zero-order chi connectivity index (χ0) is 17.1. The number of ether oxygens (including phenoxy) is 4. The van der Waals surface area contributed by atoms with Gasteiger partial charge in [-0.15, -0.1) is 0 Å². The molecule has 10 nitrogen and oxygen atoms in total. The lowest BCUT2D eigenvalue weighted by Crippen LogP contribution is -2.59. The van der Waals surface area contributed by atoms with Crippen LogP contribution in [-0.4, -0.2) is 57.8 Å². The fourth-order valence-electron chi connectivity index (χ4n) is 1.71. The van der Waals surface area contributed by atoms with Gasteiger partial charge in [0.05, 0.1) is 6.61 Å². The van der Waals surface area contributed by atoms with E-state index in [1.54, 1.807) is 0 Å². The van der Waals surface area contributed by atoms with Gasteiger partial charge in [0.25, 0.3) is 5.76 Å². The Balaban J connectivity index is 3.43. The third-order valence-electron chi connectivity index (χ3n) is 2.48. The smallest absolute Gasteiger partial charge is 0.335 e. The van der Waals surface area contributed by atoms with Gasteiger partial charge in [0.1, 0.15) is 0 Å². The molecule has 22 heavy (non-hydrogen) atoms. The summed E-state index contributed by atoms with van der Waals surface area (Å²) in [5.41, 5.74) is 0. The number of aliphatic hydroxyl groups excluding tert-OH is 2. The molecule has 0 amide bonds. The van der Waals surface area contributed by atoms with E-state index in [4.69, 9.17) is 9.84 Å². The second-order valence-corrected chi connectivity index (χ2v) is 4.38. The molecule has 0 aromatic carbocycles. The van der Waals surface area contributed by atoms with E-state index >= 15 is 0 Å². The van der Waals surface area contributed by atoms with Crippen LogP contribution in [-0.2, 0) is 33.3 Å². The molecular weight excluding hydrogens is 304 g/mol. The third kappa shape index (κ3) is 3.72. The Morgan fingerprint density at radius 3 is 2.09 bits per heavy atom. The molecule has 1 rings (SSSR count). The molecule has 0 spiro atoms. The van der Waals surface area contributed by atoms with Crippen molar-refractivity contribution in [1.82, 2.24) is 0 Å². The van der Waals surface area contributed by atoms with E-state index in [1.165, 1.54) is 0 Å². The van der Waals surface area contributed by atoms with Crippen molar-refractivity contribution in [2.24, 2.45) is 0 Å². The lowest BCUT2D eigenvalue weighted by molar-refractivity contribution is -0.282. The van der Waals surface area contributed by atoms with Crippen LogP contribution < -0.4 is 0 Å². The van der Waals surface area contributed by atoms with Crippen molar-refractivity contribution >= 4 is 17.9 Å². The quantitative estimate of drug-likeness (QED) is 0.310. The van der Waals surface area contributed by atoms with Crippen molar-refractivity contribution < 1.29 is 48.7 Å². The highest BCUT2D eigenvalue weighted by atomic mass is 16.7. The highest BCUT2D eigenvalue weighted by Gasteiger charge is 2.57. The van der Waals surface area contributed by atoms with Crippen molar-refractivity contribution in [1.29, 1.82) is 0 Å². The maximum absolute atomic E-state index is 11.2. The molecule has 0 unspecified atom stereocenters. The Kier molecular flexibility index (Phi) is 5.47. The van der Waals surface area contributed by atoms with Crippen molar-refractivity contribution in [3.63, 3.8) is 0 Å². The Morgan fingerprint density at radius 1 is 1.14 bits per heavy atom. The molecule has 0 saturated heterocycles. The maximum Gasteiger partial charge on any atom is 0.335 e. The molecule has 1 heterocycles. The van der Waals surface area contributed by atoms with Crippen LogP contribution in [0.5, 0.6) is 0 Å². The molecule has 0 aromatic heterocycles. The predicted octanol–water partition coefficient (Wildman–Crippen LogP) is -1.71.